The van der Waals surface area contributed by atoms with Crippen molar-refractivity contribution in [1.29, 1.82) is 0 Å². The van der Waals surface area contributed by atoms with Gasteiger partial charge < -0.3 is 24.4 Å². The minimum absolute atomic E-state index is 0.0794. The normalized spacial score (nSPS) is 14.5. The van der Waals surface area contributed by atoms with E-state index >= 15 is 0 Å². The molecule has 2 aromatic carbocycles. The molecule has 0 aliphatic carbocycles. The molecule has 156 valence electrons. The Hall–Kier alpha value is -2.93. The van der Waals surface area contributed by atoms with Gasteiger partial charge in [0.15, 0.2) is 11.5 Å². The number of para-hydroxylation sites is 2. The minimum Gasteiger partial charge on any atom is -0.506 e. The molecule has 1 fully saturated rings. The van der Waals surface area contributed by atoms with Crippen molar-refractivity contribution < 1.29 is 19.4 Å². The molecule has 7 nitrogen and oxygen atoms in total. The van der Waals surface area contributed by atoms with Crippen LogP contribution in [0.15, 0.2) is 42.5 Å². The SMILES string of the molecule is COc1ccc(CN(C)C(=O)CN2CCN(c3ccccc3O)CC2)cc1OC. The number of nitrogens with zero attached hydrogens (tertiary/aromatic N) is 3. The molecule has 1 saturated heterocycles. The lowest BCUT2D eigenvalue weighted by Gasteiger charge is -2.36. The molecular formula is C22H29N3O4. The number of phenolic OH excluding ortho intramolecular Hbond substituents is 1. The van der Waals surface area contributed by atoms with Crippen molar-refractivity contribution in [2.24, 2.45) is 0 Å². The average Bonchev–Trinajstić information content (AvgIpc) is 2.74. The lowest BCUT2D eigenvalue weighted by Crippen LogP contribution is -2.49. The van der Waals surface area contributed by atoms with Gasteiger partial charge in [-0.2, -0.15) is 0 Å². The summed E-state index contributed by atoms with van der Waals surface area (Å²) in [5.41, 5.74) is 1.84. The summed E-state index contributed by atoms with van der Waals surface area (Å²) in [6.45, 7) is 4.03. The highest BCUT2D eigenvalue weighted by atomic mass is 16.5. The number of benzene rings is 2. The topological polar surface area (TPSA) is 65.5 Å². The second-order valence-electron chi connectivity index (χ2n) is 7.19. The van der Waals surface area contributed by atoms with Crippen molar-refractivity contribution >= 4 is 11.6 Å². The zero-order valence-corrected chi connectivity index (χ0v) is 17.3. The summed E-state index contributed by atoms with van der Waals surface area (Å²) in [7, 11) is 5.02. The molecule has 1 aliphatic heterocycles. The number of methoxy groups -OCH3 is 2. The number of aromatic hydroxyl groups is 1. The third-order valence-electron chi connectivity index (χ3n) is 5.25. The Balaban J connectivity index is 1.51. The molecule has 0 radical (unpaired) electrons. The van der Waals surface area contributed by atoms with Crippen molar-refractivity contribution in [1.82, 2.24) is 9.80 Å². The fraction of sp³-hybridized carbons (Fsp3) is 0.409. The second-order valence-corrected chi connectivity index (χ2v) is 7.19. The maximum atomic E-state index is 12.7. The summed E-state index contributed by atoms with van der Waals surface area (Å²) >= 11 is 0. The molecule has 2 aromatic rings. The monoisotopic (exact) mass is 399 g/mol. The Morgan fingerprint density at radius 1 is 1.03 bits per heavy atom. The van der Waals surface area contributed by atoms with E-state index in [4.69, 9.17) is 9.47 Å². The van der Waals surface area contributed by atoms with Crippen LogP contribution in [0.5, 0.6) is 17.2 Å². The number of phenols is 1. The van der Waals surface area contributed by atoms with Gasteiger partial charge in [-0.3, -0.25) is 9.69 Å². The molecule has 1 N–H and O–H groups in total. The largest absolute Gasteiger partial charge is 0.506 e. The van der Waals surface area contributed by atoms with Crippen LogP contribution in [0.3, 0.4) is 0 Å². The Bertz CT molecular complexity index is 835. The van der Waals surface area contributed by atoms with Gasteiger partial charge in [-0.25, -0.2) is 0 Å². The van der Waals surface area contributed by atoms with Crippen LogP contribution in [0.25, 0.3) is 0 Å². The maximum Gasteiger partial charge on any atom is 0.236 e. The van der Waals surface area contributed by atoms with Gasteiger partial charge in [0.2, 0.25) is 5.91 Å². The van der Waals surface area contributed by atoms with Crippen LogP contribution in [0, 0.1) is 0 Å². The first-order chi connectivity index (χ1) is 14.0. The number of carbonyl (C=O) groups is 1. The van der Waals surface area contributed by atoms with Crippen molar-refractivity contribution in [2.75, 3.05) is 58.9 Å². The van der Waals surface area contributed by atoms with Crippen molar-refractivity contribution in [3.63, 3.8) is 0 Å². The number of rotatable bonds is 7. The number of anilines is 1. The molecule has 1 heterocycles. The van der Waals surface area contributed by atoms with Crippen LogP contribution in [0.2, 0.25) is 0 Å². The molecule has 0 spiro atoms. The van der Waals surface area contributed by atoms with Crippen molar-refractivity contribution in [3.8, 4) is 17.2 Å². The minimum atomic E-state index is 0.0794. The lowest BCUT2D eigenvalue weighted by atomic mass is 10.2. The zero-order chi connectivity index (χ0) is 20.8. The molecule has 1 amide bonds. The summed E-state index contributed by atoms with van der Waals surface area (Å²) in [6, 6.07) is 13.1. The maximum absolute atomic E-state index is 12.7. The summed E-state index contributed by atoms with van der Waals surface area (Å²) in [5, 5.41) is 10.0. The standard InChI is InChI=1S/C22H29N3O4/c1-23(15-17-8-9-20(28-2)21(14-17)29-3)22(27)16-24-10-12-25(13-11-24)18-6-4-5-7-19(18)26/h4-9,14,26H,10-13,15-16H2,1-3H3. The number of likely N-dealkylation sites (N-methyl/N-ethyl adjacent to an activating group) is 1. The third-order valence-corrected chi connectivity index (χ3v) is 5.25. The Morgan fingerprint density at radius 2 is 1.72 bits per heavy atom. The van der Waals surface area contributed by atoms with E-state index in [1.807, 2.05) is 43.4 Å². The summed E-state index contributed by atoms with van der Waals surface area (Å²) < 4.78 is 10.6. The molecule has 7 heteroatoms. The first-order valence-electron chi connectivity index (χ1n) is 9.72. The van der Waals surface area contributed by atoms with E-state index in [0.29, 0.717) is 30.3 Å². The number of ether oxygens (including phenoxy) is 2. The molecule has 3 rings (SSSR count). The fourth-order valence-electron chi connectivity index (χ4n) is 3.53. The number of hydrogen-bond acceptors (Lipinski definition) is 6. The van der Waals surface area contributed by atoms with Gasteiger partial charge in [-0.15, -0.1) is 0 Å². The average molecular weight is 399 g/mol. The molecule has 0 aromatic heterocycles. The number of amides is 1. The van der Waals surface area contributed by atoms with Crippen LogP contribution in [0.4, 0.5) is 5.69 Å². The van der Waals surface area contributed by atoms with E-state index in [-0.39, 0.29) is 5.91 Å². The Morgan fingerprint density at radius 3 is 2.38 bits per heavy atom. The van der Waals surface area contributed by atoms with Crippen LogP contribution in [-0.2, 0) is 11.3 Å². The summed E-state index contributed by atoms with van der Waals surface area (Å²) in [4.78, 5) is 18.7. The van der Waals surface area contributed by atoms with Gasteiger partial charge in [0, 0.05) is 39.8 Å². The first-order valence-corrected chi connectivity index (χ1v) is 9.72. The van der Waals surface area contributed by atoms with Gasteiger partial charge in [0.1, 0.15) is 5.75 Å². The molecule has 1 aliphatic rings. The molecule has 0 unspecified atom stereocenters. The lowest BCUT2D eigenvalue weighted by molar-refractivity contribution is -0.131. The van der Waals surface area contributed by atoms with E-state index in [9.17, 15) is 9.90 Å². The molecule has 0 saturated carbocycles. The summed E-state index contributed by atoms with van der Waals surface area (Å²) in [5.74, 6) is 1.71. The van der Waals surface area contributed by atoms with E-state index in [1.54, 1.807) is 25.2 Å². The molecule has 0 atom stereocenters. The fourth-order valence-corrected chi connectivity index (χ4v) is 3.53. The second kappa shape index (κ2) is 9.52. The highest BCUT2D eigenvalue weighted by Crippen LogP contribution is 2.28. The van der Waals surface area contributed by atoms with Crippen LogP contribution >= 0.6 is 0 Å². The van der Waals surface area contributed by atoms with Crippen molar-refractivity contribution in [2.45, 2.75) is 6.54 Å². The quantitative estimate of drug-likeness (QED) is 0.770. The van der Waals surface area contributed by atoms with E-state index in [1.165, 1.54) is 0 Å². The third kappa shape index (κ3) is 5.12. The van der Waals surface area contributed by atoms with Crippen LogP contribution < -0.4 is 14.4 Å². The smallest absolute Gasteiger partial charge is 0.236 e. The first kappa shape index (κ1) is 20.8. The summed E-state index contributed by atoms with van der Waals surface area (Å²) in [6.07, 6.45) is 0. The highest BCUT2D eigenvalue weighted by Gasteiger charge is 2.22. The number of hydrogen-bond donors (Lipinski definition) is 1. The van der Waals surface area contributed by atoms with Gasteiger partial charge in [0.25, 0.3) is 0 Å². The molecule has 0 bridgehead atoms. The molecular weight excluding hydrogens is 370 g/mol. The Labute approximate surface area is 172 Å². The van der Waals surface area contributed by atoms with Crippen LogP contribution in [0.1, 0.15) is 5.56 Å². The van der Waals surface area contributed by atoms with Gasteiger partial charge >= 0.3 is 0 Å². The van der Waals surface area contributed by atoms with Gasteiger partial charge in [-0.05, 0) is 29.8 Å². The van der Waals surface area contributed by atoms with Crippen LogP contribution in [-0.4, -0.2) is 74.8 Å². The van der Waals surface area contributed by atoms with E-state index < -0.39 is 0 Å². The number of carbonyl (C=O) groups excluding carboxylic acids is 1. The van der Waals surface area contributed by atoms with Gasteiger partial charge in [-0.1, -0.05) is 18.2 Å². The van der Waals surface area contributed by atoms with E-state index in [2.05, 4.69) is 9.80 Å². The van der Waals surface area contributed by atoms with Gasteiger partial charge in [0.05, 0.1) is 26.5 Å². The highest BCUT2D eigenvalue weighted by molar-refractivity contribution is 5.78. The Kier molecular flexibility index (Phi) is 6.82. The van der Waals surface area contributed by atoms with Crippen molar-refractivity contribution in [3.05, 3.63) is 48.0 Å². The zero-order valence-electron chi connectivity index (χ0n) is 17.3. The predicted octanol–water partition coefficient (Wildman–Crippen LogP) is 2.19. The van der Waals surface area contributed by atoms with E-state index in [0.717, 1.165) is 37.4 Å². The molecule has 29 heavy (non-hydrogen) atoms. The predicted molar refractivity (Wildman–Crippen MR) is 113 cm³/mol. The number of piperazine rings is 1.